The van der Waals surface area contributed by atoms with Crippen molar-refractivity contribution in [2.24, 2.45) is 0 Å². The highest BCUT2D eigenvalue weighted by molar-refractivity contribution is 7.14. The summed E-state index contributed by atoms with van der Waals surface area (Å²) in [5, 5.41) is 7.96. The molecule has 0 saturated heterocycles. The lowest BCUT2D eigenvalue weighted by Crippen LogP contribution is -2.23. The van der Waals surface area contributed by atoms with E-state index in [1.165, 1.54) is 18.3 Å². The van der Waals surface area contributed by atoms with Gasteiger partial charge in [-0.3, -0.25) is 14.9 Å². The summed E-state index contributed by atoms with van der Waals surface area (Å²) in [7, 11) is 1.56. The van der Waals surface area contributed by atoms with E-state index in [1.54, 1.807) is 19.2 Å². The van der Waals surface area contributed by atoms with Crippen LogP contribution in [0.1, 0.15) is 41.8 Å². The van der Waals surface area contributed by atoms with Gasteiger partial charge in [0.2, 0.25) is 5.91 Å². The van der Waals surface area contributed by atoms with Crippen molar-refractivity contribution in [1.82, 2.24) is 10.3 Å². The van der Waals surface area contributed by atoms with Gasteiger partial charge in [0.05, 0.1) is 11.7 Å². The first kappa shape index (κ1) is 19.8. The van der Waals surface area contributed by atoms with Crippen LogP contribution in [-0.4, -0.2) is 23.9 Å². The van der Waals surface area contributed by atoms with Crippen LogP contribution in [0.5, 0.6) is 0 Å². The molecular weight excluding hydrogens is 378 g/mol. The predicted molar refractivity (Wildman–Crippen MR) is 107 cm³/mol. The van der Waals surface area contributed by atoms with Gasteiger partial charge in [-0.2, -0.15) is 0 Å². The number of carbonyl (C=O) groups is 2. The highest BCUT2D eigenvalue weighted by Gasteiger charge is 2.14. The van der Waals surface area contributed by atoms with Crippen molar-refractivity contribution in [2.75, 3.05) is 12.4 Å². The fraction of sp³-hybridized carbons (Fsp3) is 0.250. The van der Waals surface area contributed by atoms with Crippen LogP contribution in [0, 0.1) is 0 Å². The van der Waals surface area contributed by atoms with E-state index in [4.69, 9.17) is 9.15 Å². The Morgan fingerprint density at radius 1 is 1.21 bits per heavy atom. The van der Waals surface area contributed by atoms with Crippen LogP contribution >= 0.6 is 11.3 Å². The van der Waals surface area contributed by atoms with E-state index in [2.05, 4.69) is 15.6 Å². The number of carbonyl (C=O) groups excluding carboxylic acids is 2. The number of aromatic nitrogens is 1. The molecule has 146 valence electrons. The smallest absolute Gasteiger partial charge is 0.293 e. The minimum Gasteiger partial charge on any atom is -0.453 e. The molecule has 3 aromatic rings. The predicted octanol–water partition coefficient (Wildman–Crippen LogP) is 4.00. The molecule has 7 nitrogen and oxygen atoms in total. The Kier molecular flexibility index (Phi) is 6.23. The van der Waals surface area contributed by atoms with Gasteiger partial charge in [0.25, 0.3) is 5.91 Å². The Labute approximate surface area is 166 Å². The minimum atomic E-state index is -0.359. The highest BCUT2D eigenvalue weighted by Crippen LogP contribution is 2.26. The van der Waals surface area contributed by atoms with Crippen molar-refractivity contribution in [1.29, 1.82) is 0 Å². The molecule has 28 heavy (non-hydrogen) atoms. The van der Waals surface area contributed by atoms with Crippen LogP contribution in [0.3, 0.4) is 0 Å². The summed E-state index contributed by atoms with van der Waals surface area (Å²) < 4.78 is 10.4. The van der Waals surface area contributed by atoms with Crippen molar-refractivity contribution in [2.45, 2.75) is 26.5 Å². The first-order valence-electron chi connectivity index (χ1n) is 8.68. The van der Waals surface area contributed by atoms with Gasteiger partial charge in [0.15, 0.2) is 10.9 Å². The lowest BCUT2D eigenvalue weighted by molar-refractivity contribution is -0.119. The van der Waals surface area contributed by atoms with Gasteiger partial charge >= 0.3 is 0 Å². The molecule has 2 aromatic heterocycles. The van der Waals surface area contributed by atoms with E-state index in [0.717, 1.165) is 16.8 Å². The summed E-state index contributed by atoms with van der Waals surface area (Å²) in [6, 6.07) is 11.0. The van der Waals surface area contributed by atoms with Crippen molar-refractivity contribution >= 4 is 28.3 Å². The van der Waals surface area contributed by atoms with E-state index in [0.29, 0.717) is 17.5 Å². The van der Waals surface area contributed by atoms with E-state index in [1.807, 2.05) is 36.6 Å². The summed E-state index contributed by atoms with van der Waals surface area (Å²) in [6.07, 6.45) is 0. The molecule has 0 aliphatic heterocycles. The number of furan rings is 1. The number of nitrogens with one attached hydrogen (secondary N) is 2. The lowest BCUT2D eigenvalue weighted by Gasteiger charge is -2.12. The zero-order valence-corrected chi connectivity index (χ0v) is 16.6. The molecule has 0 aliphatic rings. The molecule has 1 atom stereocenters. The fourth-order valence-electron chi connectivity index (χ4n) is 2.67. The molecule has 2 N–H and O–H groups in total. The molecule has 0 bridgehead atoms. The third-order valence-electron chi connectivity index (χ3n) is 4.02. The summed E-state index contributed by atoms with van der Waals surface area (Å²) in [5.74, 6) is 0.367. The lowest BCUT2D eigenvalue weighted by atomic mass is 10.1. The maximum Gasteiger partial charge on any atom is 0.293 e. The van der Waals surface area contributed by atoms with Gasteiger partial charge in [-0.05, 0) is 24.6 Å². The van der Waals surface area contributed by atoms with Crippen molar-refractivity contribution in [3.05, 3.63) is 58.9 Å². The molecular formula is C20H21N3O4S. The number of nitrogens with zero attached hydrogens (tertiary/aromatic N) is 1. The normalized spacial score (nSPS) is 11.8. The van der Waals surface area contributed by atoms with Crippen LogP contribution in [0.2, 0.25) is 0 Å². The molecule has 2 heterocycles. The van der Waals surface area contributed by atoms with E-state index >= 15 is 0 Å². The molecule has 1 aromatic carbocycles. The van der Waals surface area contributed by atoms with Gasteiger partial charge in [-0.1, -0.05) is 24.3 Å². The number of thiazole rings is 1. The molecule has 3 rings (SSSR count). The number of rotatable bonds is 7. The number of hydrogen-bond donors (Lipinski definition) is 2. The second-order valence-corrected chi connectivity index (χ2v) is 7.09. The summed E-state index contributed by atoms with van der Waals surface area (Å²) >= 11 is 1.34. The second kappa shape index (κ2) is 8.81. The summed E-state index contributed by atoms with van der Waals surface area (Å²) in [6.45, 7) is 3.74. The van der Waals surface area contributed by atoms with Crippen LogP contribution in [0.25, 0.3) is 11.3 Å². The summed E-state index contributed by atoms with van der Waals surface area (Å²) in [5.41, 5.74) is 2.70. The fourth-order valence-corrected chi connectivity index (χ4v) is 3.39. The first-order chi connectivity index (χ1) is 13.5. The van der Waals surface area contributed by atoms with E-state index in [9.17, 15) is 9.59 Å². The largest absolute Gasteiger partial charge is 0.453 e. The minimum absolute atomic E-state index is 0.0619. The maximum atomic E-state index is 12.3. The number of methoxy groups -OCH3 is 1. The molecule has 0 fully saturated rings. The van der Waals surface area contributed by atoms with Crippen LogP contribution in [0.15, 0.2) is 46.2 Å². The van der Waals surface area contributed by atoms with Gasteiger partial charge in [-0.15, -0.1) is 11.3 Å². The van der Waals surface area contributed by atoms with Crippen molar-refractivity contribution in [3.63, 3.8) is 0 Å². The first-order valence-corrected chi connectivity index (χ1v) is 9.56. The highest BCUT2D eigenvalue weighted by atomic mass is 32.1. The molecule has 0 unspecified atom stereocenters. The second-order valence-electron chi connectivity index (χ2n) is 6.24. The van der Waals surface area contributed by atoms with E-state index in [-0.39, 0.29) is 23.6 Å². The average molecular weight is 399 g/mol. The standard InChI is InChI=1S/C20H21N3O4S/c1-12(21-13(2)24)14-4-6-15(7-5-14)17-11-28-20(22-17)23-19(25)18-9-8-16(27-18)10-26-3/h4-9,11-12H,10H2,1-3H3,(H,21,24)(H,22,23,25)/t12-/m1/s1. The Balaban J connectivity index is 1.66. The summed E-state index contributed by atoms with van der Waals surface area (Å²) in [4.78, 5) is 27.9. The van der Waals surface area contributed by atoms with Crippen LogP contribution in [0.4, 0.5) is 5.13 Å². The monoisotopic (exact) mass is 399 g/mol. The Morgan fingerprint density at radius 3 is 2.64 bits per heavy atom. The van der Waals surface area contributed by atoms with Gasteiger partial charge < -0.3 is 14.5 Å². The molecule has 0 spiro atoms. The number of ether oxygens (including phenoxy) is 1. The van der Waals surface area contributed by atoms with Gasteiger partial charge in [0.1, 0.15) is 12.4 Å². The number of hydrogen-bond acceptors (Lipinski definition) is 6. The van der Waals surface area contributed by atoms with Gasteiger partial charge in [0, 0.05) is 25.0 Å². The van der Waals surface area contributed by atoms with E-state index < -0.39 is 0 Å². The van der Waals surface area contributed by atoms with Crippen molar-refractivity contribution in [3.8, 4) is 11.3 Å². The SMILES string of the molecule is COCc1ccc(C(=O)Nc2nc(-c3ccc([C@@H](C)NC(C)=O)cc3)cs2)o1. The Bertz CT molecular complexity index is 962. The van der Waals surface area contributed by atoms with Gasteiger partial charge in [-0.25, -0.2) is 4.98 Å². The van der Waals surface area contributed by atoms with Crippen LogP contribution in [-0.2, 0) is 16.1 Å². The molecule has 0 radical (unpaired) electrons. The van der Waals surface area contributed by atoms with Crippen LogP contribution < -0.4 is 10.6 Å². The molecule has 0 saturated carbocycles. The third kappa shape index (κ3) is 4.85. The topological polar surface area (TPSA) is 93.5 Å². The maximum absolute atomic E-state index is 12.3. The Hall–Kier alpha value is -2.97. The average Bonchev–Trinajstić information content (AvgIpc) is 3.31. The third-order valence-corrected chi connectivity index (χ3v) is 4.78. The molecule has 0 aliphatic carbocycles. The molecule has 8 heteroatoms. The zero-order chi connectivity index (χ0) is 20.1. The number of amides is 2. The molecule has 2 amide bonds. The van der Waals surface area contributed by atoms with Crippen molar-refractivity contribution < 1.29 is 18.7 Å². The zero-order valence-electron chi connectivity index (χ0n) is 15.8. The number of anilines is 1. The Morgan fingerprint density at radius 2 is 1.96 bits per heavy atom. The number of benzene rings is 1. The quantitative estimate of drug-likeness (QED) is 0.626.